The average Bonchev–Trinajstić information content (AvgIpc) is 3.26. The van der Waals surface area contributed by atoms with Gasteiger partial charge in [0.1, 0.15) is 0 Å². The van der Waals surface area contributed by atoms with Crippen LogP contribution in [0.15, 0.2) is 34.3 Å². The molecule has 0 radical (unpaired) electrons. The smallest absolute Gasteiger partial charge is 0.257 e. The maximum absolute atomic E-state index is 5.78. The van der Waals surface area contributed by atoms with Crippen LogP contribution in [0.3, 0.4) is 0 Å². The minimum absolute atomic E-state index is 0.0229. The summed E-state index contributed by atoms with van der Waals surface area (Å²) in [4.78, 5) is 0.990. The zero-order valence-electron chi connectivity index (χ0n) is 13.7. The van der Waals surface area contributed by atoms with Crippen LogP contribution in [0.2, 0.25) is 0 Å². The molecule has 3 atom stereocenters. The van der Waals surface area contributed by atoms with E-state index in [0.29, 0.717) is 11.8 Å². The first kappa shape index (κ1) is 15.9. The Morgan fingerprint density at radius 3 is 2.74 bits per heavy atom. The molecule has 0 aliphatic rings. The minimum atomic E-state index is -0.0229. The van der Waals surface area contributed by atoms with Crippen molar-refractivity contribution in [1.82, 2.24) is 25.3 Å². The number of hydrogen-bond acceptors (Lipinski definition) is 6. The lowest BCUT2D eigenvalue weighted by Gasteiger charge is -2.24. The maximum Gasteiger partial charge on any atom is 0.257 e. The fourth-order valence-corrected chi connectivity index (χ4v) is 3.04. The molecule has 0 saturated heterocycles. The fraction of sp³-hybridized carbons (Fsp3) is 0.438. The van der Waals surface area contributed by atoms with Crippen molar-refractivity contribution in [3.05, 3.63) is 41.4 Å². The maximum atomic E-state index is 5.78. The van der Waals surface area contributed by atoms with Gasteiger partial charge in [-0.2, -0.15) is 5.10 Å². The predicted molar refractivity (Wildman–Crippen MR) is 90.3 cm³/mol. The molecule has 0 aliphatic heterocycles. The van der Waals surface area contributed by atoms with Gasteiger partial charge in [-0.25, -0.2) is 0 Å². The molecule has 0 bridgehead atoms. The Kier molecular flexibility index (Phi) is 4.58. The Hall–Kier alpha value is -1.99. The van der Waals surface area contributed by atoms with Crippen molar-refractivity contribution in [2.24, 2.45) is 0 Å². The van der Waals surface area contributed by atoms with E-state index in [-0.39, 0.29) is 18.1 Å². The van der Waals surface area contributed by atoms with E-state index in [0.717, 1.165) is 10.4 Å². The third-order valence-corrected chi connectivity index (χ3v) is 4.79. The van der Waals surface area contributed by atoms with Crippen LogP contribution in [0.5, 0.6) is 0 Å². The van der Waals surface area contributed by atoms with E-state index >= 15 is 0 Å². The average molecular weight is 331 g/mol. The van der Waals surface area contributed by atoms with Gasteiger partial charge in [-0.05, 0) is 44.7 Å². The van der Waals surface area contributed by atoms with E-state index < -0.39 is 0 Å². The first-order valence-electron chi connectivity index (χ1n) is 7.68. The fourth-order valence-electron chi connectivity index (χ4n) is 2.40. The Morgan fingerprint density at radius 2 is 2.09 bits per heavy atom. The summed E-state index contributed by atoms with van der Waals surface area (Å²) in [7, 11) is 0. The number of hydrogen-bond donors (Lipinski definition) is 1. The third-order valence-electron chi connectivity index (χ3n) is 3.93. The minimum Gasteiger partial charge on any atom is -0.418 e. The molecule has 3 rings (SSSR count). The summed E-state index contributed by atoms with van der Waals surface area (Å²) in [5.74, 6) is 1.18. The third kappa shape index (κ3) is 3.51. The van der Waals surface area contributed by atoms with E-state index in [1.54, 1.807) is 11.3 Å². The van der Waals surface area contributed by atoms with Crippen molar-refractivity contribution >= 4 is 11.3 Å². The van der Waals surface area contributed by atoms with Gasteiger partial charge in [-0.1, -0.05) is 6.07 Å². The van der Waals surface area contributed by atoms with Crippen molar-refractivity contribution in [2.45, 2.75) is 45.8 Å². The summed E-state index contributed by atoms with van der Waals surface area (Å²) >= 11 is 1.59. The van der Waals surface area contributed by atoms with E-state index in [1.807, 2.05) is 42.2 Å². The SMILES string of the molecule is Cc1cnn([C@H](C)[C@@H](C)N[C@@H](C)c2nnc(-c3cccs3)o2)c1. The van der Waals surface area contributed by atoms with E-state index in [4.69, 9.17) is 4.42 Å². The molecule has 3 aromatic rings. The summed E-state index contributed by atoms with van der Waals surface area (Å²) < 4.78 is 7.76. The Bertz CT molecular complexity index is 748. The molecule has 0 fully saturated rings. The molecule has 0 saturated carbocycles. The van der Waals surface area contributed by atoms with Gasteiger partial charge in [0.15, 0.2) is 0 Å². The second-order valence-electron chi connectivity index (χ2n) is 5.84. The van der Waals surface area contributed by atoms with E-state index in [2.05, 4.69) is 40.7 Å². The van der Waals surface area contributed by atoms with Crippen LogP contribution < -0.4 is 5.32 Å². The van der Waals surface area contributed by atoms with Crippen molar-refractivity contribution < 1.29 is 4.42 Å². The monoisotopic (exact) mass is 331 g/mol. The van der Waals surface area contributed by atoms with Gasteiger partial charge < -0.3 is 9.73 Å². The Balaban J connectivity index is 1.65. The van der Waals surface area contributed by atoms with Crippen molar-refractivity contribution in [1.29, 1.82) is 0 Å². The standard InChI is InChI=1S/C16H21N5OS/c1-10-8-17-21(9-10)13(4)11(2)18-12(3)15-19-20-16(22-15)14-6-5-7-23-14/h5-9,11-13,18H,1-4H3/t11-,12+,13-/m1/s1. The highest BCUT2D eigenvalue weighted by atomic mass is 32.1. The van der Waals surface area contributed by atoms with Crippen LogP contribution >= 0.6 is 11.3 Å². The van der Waals surface area contributed by atoms with Crippen molar-refractivity contribution in [3.8, 4) is 10.8 Å². The summed E-state index contributed by atoms with van der Waals surface area (Å²) in [6.07, 6.45) is 3.92. The predicted octanol–water partition coefficient (Wildman–Crippen LogP) is 3.60. The molecule has 6 nitrogen and oxygen atoms in total. The molecular formula is C16H21N5OS. The molecule has 23 heavy (non-hydrogen) atoms. The number of nitrogens with zero attached hydrogens (tertiary/aromatic N) is 4. The van der Waals surface area contributed by atoms with E-state index in [1.165, 1.54) is 0 Å². The number of nitrogens with one attached hydrogen (secondary N) is 1. The first-order valence-corrected chi connectivity index (χ1v) is 8.56. The molecule has 3 aromatic heterocycles. The molecule has 0 amide bonds. The molecule has 3 heterocycles. The van der Waals surface area contributed by atoms with Crippen LogP contribution in [0.4, 0.5) is 0 Å². The Morgan fingerprint density at radius 1 is 1.26 bits per heavy atom. The lowest BCUT2D eigenvalue weighted by molar-refractivity contribution is 0.317. The van der Waals surface area contributed by atoms with Crippen molar-refractivity contribution in [2.75, 3.05) is 0 Å². The van der Waals surface area contributed by atoms with Gasteiger partial charge in [0, 0.05) is 12.2 Å². The summed E-state index contributed by atoms with van der Waals surface area (Å²) in [5.41, 5.74) is 1.16. The second-order valence-corrected chi connectivity index (χ2v) is 6.79. The van der Waals surface area contributed by atoms with Gasteiger partial charge in [0.25, 0.3) is 5.89 Å². The molecule has 0 aliphatic carbocycles. The molecular weight excluding hydrogens is 310 g/mol. The van der Waals surface area contributed by atoms with Crippen LogP contribution in [0.1, 0.15) is 44.3 Å². The van der Waals surface area contributed by atoms with Gasteiger partial charge >= 0.3 is 0 Å². The summed E-state index contributed by atoms with van der Waals surface area (Å²) in [6.45, 7) is 8.35. The summed E-state index contributed by atoms with van der Waals surface area (Å²) in [6, 6.07) is 4.36. The molecule has 1 N–H and O–H groups in total. The van der Waals surface area contributed by atoms with Gasteiger partial charge in [-0.3, -0.25) is 4.68 Å². The number of thiophene rings is 1. The molecule has 0 aromatic carbocycles. The van der Waals surface area contributed by atoms with Gasteiger partial charge in [0.05, 0.1) is 23.2 Å². The normalized spacial score (nSPS) is 15.5. The number of aryl methyl sites for hydroxylation is 1. The lowest BCUT2D eigenvalue weighted by atomic mass is 10.1. The lowest BCUT2D eigenvalue weighted by Crippen LogP contribution is -2.35. The highest BCUT2D eigenvalue weighted by Crippen LogP contribution is 2.25. The zero-order chi connectivity index (χ0) is 16.4. The number of rotatable bonds is 6. The number of aromatic nitrogens is 4. The van der Waals surface area contributed by atoms with E-state index in [9.17, 15) is 0 Å². The van der Waals surface area contributed by atoms with Crippen LogP contribution in [0, 0.1) is 6.92 Å². The van der Waals surface area contributed by atoms with Crippen LogP contribution in [-0.2, 0) is 0 Å². The molecule has 0 unspecified atom stereocenters. The highest BCUT2D eigenvalue weighted by Gasteiger charge is 2.21. The molecule has 122 valence electrons. The van der Waals surface area contributed by atoms with Crippen molar-refractivity contribution in [3.63, 3.8) is 0 Å². The van der Waals surface area contributed by atoms with Crippen LogP contribution in [0.25, 0.3) is 10.8 Å². The summed E-state index contributed by atoms with van der Waals surface area (Å²) in [5, 5.41) is 18.2. The van der Waals surface area contributed by atoms with Crippen LogP contribution in [-0.4, -0.2) is 26.0 Å². The second kappa shape index (κ2) is 6.64. The molecule has 0 spiro atoms. The largest absolute Gasteiger partial charge is 0.418 e. The van der Waals surface area contributed by atoms with Gasteiger partial charge in [-0.15, -0.1) is 21.5 Å². The highest BCUT2D eigenvalue weighted by molar-refractivity contribution is 7.13. The molecule has 7 heteroatoms. The quantitative estimate of drug-likeness (QED) is 0.747. The van der Waals surface area contributed by atoms with Gasteiger partial charge in [0.2, 0.25) is 5.89 Å². The Labute approximate surface area is 139 Å². The topological polar surface area (TPSA) is 68.8 Å². The zero-order valence-corrected chi connectivity index (χ0v) is 14.5. The first-order chi connectivity index (χ1) is 11.0.